The fraction of sp³-hybridized carbons (Fsp3) is 0.933. The molecule has 1 aliphatic heterocycles. The Balaban J connectivity index is 2.35. The van der Waals surface area contributed by atoms with E-state index in [2.05, 4.69) is 38.2 Å². The Morgan fingerprint density at radius 2 is 2.05 bits per heavy atom. The minimum absolute atomic E-state index is 0.323. The maximum Gasteiger partial charge on any atom is 0.222 e. The van der Waals surface area contributed by atoms with Gasteiger partial charge in [-0.1, -0.05) is 13.8 Å². The van der Waals surface area contributed by atoms with Crippen LogP contribution in [0.25, 0.3) is 0 Å². The highest BCUT2D eigenvalue weighted by Gasteiger charge is 2.19. The van der Waals surface area contributed by atoms with Gasteiger partial charge in [-0.15, -0.1) is 0 Å². The van der Waals surface area contributed by atoms with Crippen molar-refractivity contribution in [3.05, 3.63) is 0 Å². The number of rotatable bonds is 8. The molecule has 0 bridgehead atoms. The zero-order valence-corrected chi connectivity index (χ0v) is 13.1. The van der Waals surface area contributed by atoms with Gasteiger partial charge in [-0.05, 0) is 45.8 Å². The van der Waals surface area contributed by atoms with Crippen LogP contribution in [0.2, 0.25) is 0 Å². The highest BCUT2D eigenvalue weighted by Crippen LogP contribution is 2.12. The second kappa shape index (κ2) is 8.54. The molecule has 0 aliphatic carbocycles. The van der Waals surface area contributed by atoms with Crippen molar-refractivity contribution in [3.63, 3.8) is 0 Å². The third-order valence-electron chi connectivity index (χ3n) is 3.62. The summed E-state index contributed by atoms with van der Waals surface area (Å²) in [7, 11) is 4.11. The Hall–Kier alpha value is -0.610. The number of carbonyl (C=O) groups is 1. The molecular formula is C15H31N3O. The van der Waals surface area contributed by atoms with Gasteiger partial charge >= 0.3 is 0 Å². The van der Waals surface area contributed by atoms with Crippen LogP contribution in [0.3, 0.4) is 0 Å². The van der Waals surface area contributed by atoms with E-state index < -0.39 is 0 Å². The van der Waals surface area contributed by atoms with Gasteiger partial charge in [-0.2, -0.15) is 0 Å². The monoisotopic (exact) mass is 269 g/mol. The van der Waals surface area contributed by atoms with E-state index in [1.165, 1.54) is 12.8 Å². The van der Waals surface area contributed by atoms with Crippen LogP contribution in [-0.4, -0.2) is 62.0 Å². The number of nitrogens with one attached hydrogen (secondary N) is 1. The Morgan fingerprint density at radius 1 is 1.32 bits per heavy atom. The summed E-state index contributed by atoms with van der Waals surface area (Å²) >= 11 is 0. The summed E-state index contributed by atoms with van der Waals surface area (Å²) in [5.74, 6) is 0.861. The fourth-order valence-electron chi connectivity index (χ4n) is 2.54. The summed E-state index contributed by atoms with van der Waals surface area (Å²) in [4.78, 5) is 16.5. The van der Waals surface area contributed by atoms with Gasteiger partial charge < -0.3 is 15.1 Å². The molecule has 1 aliphatic rings. The van der Waals surface area contributed by atoms with E-state index in [-0.39, 0.29) is 0 Å². The van der Waals surface area contributed by atoms with Crippen LogP contribution in [0.4, 0.5) is 0 Å². The van der Waals surface area contributed by atoms with Gasteiger partial charge in [-0.3, -0.25) is 4.79 Å². The molecule has 0 aromatic carbocycles. The molecule has 19 heavy (non-hydrogen) atoms. The summed E-state index contributed by atoms with van der Waals surface area (Å²) in [6.45, 7) is 8.14. The molecule has 0 aromatic heterocycles. The maximum atomic E-state index is 12.3. The molecule has 4 heteroatoms. The average Bonchev–Trinajstić information content (AvgIpc) is 2.83. The Kier molecular flexibility index (Phi) is 7.39. The Labute approximate surface area is 118 Å². The molecule has 1 unspecified atom stereocenters. The summed E-state index contributed by atoms with van der Waals surface area (Å²) < 4.78 is 0. The zero-order valence-electron chi connectivity index (χ0n) is 13.1. The standard InChI is InChI=1S/C15H31N3O/c1-13(2)12-18(11-10-17(3)4)15(19)8-7-14-6-5-9-16-14/h13-14,16H,5-12H2,1-4H3. The fourth-order valence-corrected chi connectivity index (χ4v) is 2.54. The van der Waals surface area contributed by atoms with E-state index in [1.807, 2.05) is 4.90 Å². The van der Waals surface area contributed by atoms with Crippen molar-refractivity contribution in [2.45, 2.75) is 45.6 Å². The van der Waals surface area contributed by atoms with E-state index in [0.717, 1.165) is 32.6 Å². The van der Waals surface area contributed by atoms with Crippen molar-refractivity contribution in [1.82, 2.24) is 15.1 Å². The van der Waals surface area contributed by atoms with Crippen LogP contribution >= 0.6 is 0 Å². The predicted molar refractivity (Wildman–Crippen MR) is 80.2 cm³/mol. The topological polar surface area (TPSA) is 35.6 Å². The molecule has 4 nitrogen and oxygen atoms in total. The van der Waals surface area contributed by atoms with E-state index in [0.29, 0.717) is 24.3 Å². The van der Waals surface area contributed by atoms with E-state index in [9.17, 15) is 4.79 Å². The number of likely N-dealkylation sites (N-methyl/N-ethyl adjacent to an activating group) is 1. The van der Waals surface area contributed by atoms with Gasteiger partial charge in [0.1, 0.15) is 0 Å². The largest absolute Gasteiger partial charge is 0.341 e. The number of hydrogen-bond acceptors (Lipinski definition) is 3. The Morgan fingerprint density at radius 3 is 2.58 bits per heavy atom. The lowest BCUT2D eigenvalue weighted by molar-refractivity contribution is -0.132. The van der Waals surface area contributed by atoms with Crippen LogP contribution in [0.5, 0.6) is 0 Å². The number of hydrogen-bond donors (Lipinski definition) is 1. The highest BCUT2D eigenvalue weighted by atomic mass is 16.2. The van der Waals surface area contributed by atoms with Gasteiger partial charge in [0.15, 0.2) is 0 Å². The van der Waals surface area contributed by atoms with Gasteiger partial charge in [0.25, 0.3) is 0 Å². The lowest BCUT2D eigenvalue weighted by Gasteiger charge is -2.26. The minimum Gasteiger partial charge on any atom is -0.341 e. The Bertz CT molecular complexity index is 260. The molecule has 1 saturated heterocycles. The van der Waals surface area contributed by atoms with Crippen molar-refractivity contribution in [2.24, 2.45) is 5.92 Å². The van der Waals surface area contributed by atoms with Gasteiger partial charge in [0, 0.05) is 32.1 Å². The minimum atomic E-state index is 0.323. The molecule has 1 heterocycles. The molecule has 1 amide bonds. The second-order valence-electron chi connectivity index (χ2n) is 6.37. The van der Waals surface area contributed by atoms with Crippen molar-refractivity contribution in [2.75, 3.05) is 40.3 Å². The molecule has 1 fully saturated rings. The summed E-state index contributed by atoms with van der Waals surface area (Å²) in [5, 5.41) is 3.46. The quantitative estimate of drug-likeness (QED) is 0.726. The summed E-state index contributed by atoms with van der Waals surface area (Å²) in [6.07, 6.45) is 4.18. The molecule has 0 aromatic rings. The summed E-state index contributed by atoms with van der Waals surface area (Å²) in [5.41, 5.74) is 0. The van der Waals surface area contributed by atoms with Crippen molar-refractivity contribution < 1.29 is 4.79 Å². The van der Waals surface area contributed by atoms with Crippen molar-refractivity contribution >= 4 is 5.91 Å². The molecule has 1 atom stereocenters. The van der Waals surface area contributed by atoms with Crippen LogP contribution in [0, 0.1) is 5.92 Å². The number of carbonyl (C=O) groups excluding carboxylic acids is 1. The third kappa shape index (κ3) is 6.92. The first-order chi connectivity index (χ1) is 8.99. The van der Waals surface area contributed by atoms with Gasteiger partial charge in [0.05, 0.1) is 0 Å². The van der Waals surface area contributed by atoms with Crippen molar-refractivity contribution in [1.29, 1.82) is 0 Å². The first-order valence-electron chi connectivity index (χ1n) is 7.65. The lowest BCUT2D eigenvalue weighted by Crippen LogP contribution is -2.39. The molecule has 0 radical (unpaired) electrons. The highest BCUT2D eigenvalue weighted by molar-refractivity contribution is 5.76. The SMILES string of the molecule is CC(C)CN(CCN(C)C)C(=O)CCC1CCCN1. The maximum absolute atomic E-state index is 12.3. The van der Waals surface area contributed by atoms with Gasteiger partial charge in [0.2, 0.25) is 5.91 Å². The second-order valence-corrected chi connectivity index (χ2v) is 6.37. The van der Waals surface area contributed by atoms with Crippen LogP contribution in [0.15, 0.2) is 0 Å². The predicted octanol–water partition coefficient (Wildman–Crippen LogP) is 1.56. The molecule has 0 saturated carbocycles. The van der Waals surface area contributed by atoms with Crippen molar-refractivity contribution in [3.8, 4) is 0 Å². The molecule has 112 valence electrons. The molecule has 1 rings (SSSR count). The van der Waals surface area contributed by atoms with Crippen LogP contribution in [-0.2, 0) is 4.79 Å². The molecule has 1 N–H and O–H groups in total. The average molecular weight is 269 g/mol. The smallest absolute Gasteiger partial charge is 0.222 e. The van der Waals surface area contributed by atoms with Crippen LogP contribution < -0.4 is 5.32 Å². The van der Waals surface area contributed by atoms with E-state index in [4.69, 9.17) is 0 Å². The lowest BCUT2D eigenvalue weighted by atomic mass is 10.1. The first kappa shape index (κ1) is 16.4. The first-order valence-corrected chi connectivity index (χ1v) is 7.65. The molecular weight excluding hydrogens is 238 g/mol. The molecule has 0 spiro atoms. The number of nitrogens with zero attached hydrogens (tertiary/aromatic N) is 2. The normalized spacial score (nSPS) is 19.4. The van der Waals surface area contributed by atoms with Crippen LogP contribution in [0.1, 0.15) is 39.5 Å². The summed E-state index contributed by atoms with van der Waals surface area (Å²) in [6, 6.07) is 0.568. The van der Waals surface area contributed by atoms with Gasteiger partial charge in [-0.25, -0.2) is 0 Å². The van der Waals surface area contributed by atoms with E-state index >= 15 is 0 Å². The zero-order chi connectivity index (χ0) is 14.3. The number of amides is 1. The third-order valence-corrected chi connectivity index (χ3v) is 3.62. The van der Waals surface area contributed by atoms with E-state index in [1.54, 1.807) is 0 Å².